The molecule has 8 heteroatoms. The number of nitrogens with one attached hydrogen (secondary N) is 2. The van der Waals surface area contributed by atoms with Gasteiger partial charge in [0.25, 0.3) is 0 Å². The summed E-state index contributed by atoms with van der Waals surface area (Å²) in [5, 5.41) is 10.9. The molecule has 2 aromatic heterocycles. The van der Waals surface area contributed by atoms with Crippen molar-refractivity contribution in [3.8, 4) is 11.5 Å². The van der Waals surface area contributed by atoms with E-state index in [0.717, 1.165) is 28.0 Å². The number of H-pyrrole nitrogens is 1. The second-order valence-corrected chi connectivity index (χ2v) is 5.73. The zero-order valence-electron chi connectivity index (χ0n) is 13.3. The second kappa shape index (κ2) is 7.69. The highest BCUT2D eigenvalue weighted by atomic mass is 32.2. The molecular weight excluding hydrogens is 326 g/mol. The Morgan fingerprint density at radius 2 is 2.08 bits per heavy atom. The number of thioether (sulfide) groups is 1. The van der Waals surface area contributed by atoms with Gasteiger partial charge in [-0.05, 0) is 24.3 Å². The summed E-state index contributed by atoms with van der Waals surface area (Å²) in [5.74, 6) is 2.57. The normalized spacial score (nSPS) is 10.4. The fraction of sp³-hybridized carbons (Fsp3) is 0.188. The van der Waals surface area contributed by atoms with Crippen molar-refractivity contribution in [2.24, 2.45) is 0 Å². The Morgan fingerprint density at radius 1 is 1.17 bits per heavy atom. The molecule has 7 nitrogen and oxygen atoms in total. The van der Waals surface area contributed by atoms with Gasteiger partial charge < -0.3 is 14.8 Å². The number of pyridine rings is 1. The summed E-state index contributed by atoms with van der Waals surface area (Å²) in [6.45, 7) is 0. The zero-order valence-corrected chi connectivity index (χ0v) is 14.1. The first-order chi connectivity index (χ1) is 11.8. The van der Waals surface area contributed by atoms with Gasteiger partial charge in [-0.3, -0.25) is 10.1 Å². The highest BCUT2D eigenvalue weighted by Crippen LogP contribution is 2.31. The Morgan fingerprint density at radius 3 is 2.83 bits per heavy atom. The van der Waals surface area contributed by atoms with Gasteiger partial charge in [0, 0.05) is 18.0 Å². The molecule has 0 spiro atoms. The van der Waals surface area contributed by atoms with E-state index in [1.54, 1.807) is 26.5 Å². The molecule has 0 fully saturated rings. The summed E-state index contributed by atoms with van der Waals surface area (Å²) in [7, 11) is 3.22. The minimum absolute atomic E-state index is 0.474. The van der Waals surface area contributed by atoms with E-state index in [9.17, 15) is 0 Å². The van der Waals surface area contributed by atoms with Gasteiger partial charge in [-0.25, -0.2) is 0 Å². The molecule has 0 bridgehead atoms. The van der Waals surface area contributed by atoms with E-state index in [1.807, 2.05) is 30.3 Å². The Hall–Kier alpha value is -2.74. The van der Waals surface area contributed by atoms with Crippen LogP contribution in [0, 0.1) is 0 Å². The van der Waals surface area contributed by atoms with Crippen molar-refractivity contribution in [3.63, 3.8) is 0 Å². The van der Waals surface area contributed by atoms with Crippen molar-refractivity contribution in [1.29, 1.82) is 0 Å². The van der Waals surface area contributed by atoms with Crippen LogP contribution >= 0.6 is 11.8 Å². The lowest BCUT2D eigenvalue weighted by atomic mass is 10.2. The highest BCUT2D eigenvalue weighted by molar-refractivity contribution is 7.98. The third-order valence-corrected chi connectivity index (χ3v) is 4.10. The molecule has 124 valence electrons. The first-order valence-corrected chi connectivity index (χ1v) is 8.21. The summed E-state index contributed by atoms with van der Waals surface area (Å²) in [4.78, 5) is 8.69. The highest BCUT2D eigenvalue weighted by Gasteiger charge is 2.09. The van der Waals surface area contributed by atoms with Gasteiger partial charge >= 0.3 is 0 Å². The molecular formula is C16H17N5O2S. The van der Waals surface area contributed by atoms with Gasteiger partial charge in [-0.2, -0.15) is 4.98 Å². The quantitative estimate of drug-likeness (QED) is 0.637. The first-order valence-electron chi connectivity index (χ1n) is 7.22. The van der Waals surface area contributed by atoms with Crippen molar-refractivity contribution >= 4 is 23.4 Å². The standard InChI is InChI=1S/C16H17N5O2S/c1-22-12-6-7-13(14(9-12)23-2)18-15-19-16(21-20-15)24-10-11-5-3-4-8-17-11/h3-9H,10H2,1-2H3,(H2,18,19,20,21). The van der Waals surface area contributed by atoms with Crippen molar-refractivity contribution in [3.05, 3.63) is 48.3 Å². The molecule has 24 heavy (non-hydrogen) atoms. The second-order valence-electron chi connectivity index (χ2n) is 4.77. The first kappa shape index (κ1) is 16.1. The molecule has 3 rings (SSSR count). The largest absolute Gasteiger partial charge is 0.497 e. The molecule has 0 amide bonds. The van der Waals surface area contributed by atoms with E-state index in [0.29, 0.717) is 11.7 Å². The lowest BCUT2D eigenvalue weighted by Crippen LogP contribution is -1.97. The third-order valence-electron chi connectivity index (χ3n) is 3.20. The van der Waals surface area contributed by atoms with Gasteiger partial charge in [0.05, 0.1) is 25.6 Å². The summed E-state index contributed by atoms with van der Waals surface area (Å²) >= 11 is 1.54. The Labute approximate surface area is 143 Å². The number of nitrogens with zero attached hydrogens (tertiary/aromatic N) is 3. The van der Waals surface area contributed by atoms with Crippen LogP contribution in [0.1, 0.15) is 5.69 Å². The molecule has 0 saturated heterocycles. The van der Waals surface area contributed by atoms with Gasteiger partial charge in [0.2, 0.25) is 5.95 Å². The number of hydrogen-bond acceptors (Lipinski definition) is 7. The third kappa shape index (κ3) is 3.96. The maximum atomic E-state index is 5.35. The van der Waals surface area contributed by atoms with Crippen LogP contribution in [-0.4, -0.2) is 34.4 Å². The molecule has 3 aromatic rings. The van der Waals surface area contributed by atoms with E-state index in [-0.39, 0.29) is 0 Å². The van der Waals surface area contributed by atoms with Gasteiger partial charge in [0.1, 0.15) is 11.5 Å². The average Bonchev–Trinajstić information content (AvgIpc) is 3.08. The summed E-state index contributed by atoms with van der Waals surface area (Å²) < 4.78 is 10.5. The van der Waals surface area contributed by atoms with E-state index in [1.165, 1.54) is 11.8 Å². The monoisotopic (exact) mass is 343 g/mol. The van der Waals surface area contributed by atoms with Crippen LogP contribution in [0.3, 0.4) is 0 Å². The lowest BCUT2D eigenvalue weighted by Gasteiger charge is -2.10. The van der Waals surface area contributed by atoms with Crippen molar-refractivity contribution in [2.45, 2.75) is 10.9 Å². The van der Waals surface area contributed by atoms with E-state index >= 15 is 0 Å². The molecule has 0 radical (unpaired) electrons. The van der Waals surface area contributed by atoms with E-state index in [4.69, 9.17) is 9.47 Å². The van der Waals surface area contributed by atoms with Crippen LogP contribution in [-0.2, 0) is 5.75 Å². The number of aromatic amines is 1. The minimum Gasteiger partial charge on any atom is -0.497 e. The average molecular weight is 343 g/mol. The molecule has 0 aliphatic heterocycles. The number of ether oxygens (including phenoxy) is 2. The molecule has 2 N–H and O–H groups in total. The molecule has 0 aliphatic carbocycles. The Kier molecular flexibility index (Phi) is 5.17. The maximum Gasteiger partial charge on any atom is 0.247 e. The van der Waals surface area contributed by atoms with Crippen LogP contribution in [0.2, 0.25) is 0 Å². The van der Waals surface area contributed by atoms with Crippen molar-refractivity contribution in [1.82, 2.24) is 20.2 Å². The Balaban J connectivity index is 1.66. The topological polar surface area (TPSA) is 85.0 Å². The van der Waals surface area contributed by atoms with Crippen LogP contribution in [0.25, 0.3) is 0 Å². The number of methoxy groups -OCH3 is 2. The summed E-state index contributed by atoms with van der Waals surface area (Å²) in [6, 6.07) is 11.3. The zero-order chi connectivity index (χ0) is 16.8. The minimum atomic E-state index is 0.474. The summed E-state index contributed by atoms with van der Waals surface area (Å²) in [5.41, 5.74) is 1.75. The predicted molar refractivity (Wildman–Crippen MR) is 93.0 cm³/mol. The van der Waals surface area contributed by atoms with Crippen LogP contribution < -0.4 is 14.8 Å². The molecule has 0 aliphatic rings. The molecule has 0 atom stereocenters. The van der Waals surface area contributed by atoms with E-state index in [2.05, 4.69) is 25.5 Å². The van der Waals surface area contributed by atoms with Gasteiger partial charge in [-0.1, -0.05) is 17.8 Å². The van der Waals surface area contributed by atoms with Gasteiger partial charge in [0.15, 0.2) is 5.16 Å². The smallest absolute Gasteiger partial charge is 0.247 e. The van der Waals surface area contributed by atoms with Crippen LogP contribution in [0.4, 0.5) is 11.6 Å². The summed E-state index contributed by atoms with van der Waals surface area (Å²) in [6.07, 6.45) is 1.78. The number of hydrogen-bond donors (Lipinski definition) is 2. The number of rotatable bonds is 7. The SMILES string of the molecule is COc1ccc(Nc2n[nH]c(SCc3ccccn3)n2)c(OC)c1. The predicted octanol–water partition coefficient (Wildman–Crippen LogP) is 3.25. The van der Waals surface area contributed by atoms with Crippen molar-refractivity contribution < 1.29 is 9.47 Å². The fourth-order valence-corrected chi connectivity index (χ4v) is 2.73. The Bertz CT molecular complexity index is 794. The molecule has 2 heterocycles. The van der Waals surface area contributed by atoms with Crippen LogP contribution in [0.15, 0.2) is 47.8 Å². The van der Waals surface area contributed by atoms with Gasteiger partial charge in [-0.15, -0.1) is 5.10 Å². The van der Waals surface area contributed by atoms with Crippen molar-refractivity contribution in [2.75, 3.05) is 19.5 Å². The number of benzene rings is 1. The molecule has 1 aromatic carbocycles. The van der Waals surface area contributed by atoms with E-state index < -0.39 is 0 Å². The fourth-order valence-electron chi connectivity index (χ4n) is 2.02. The van der Waals surface area contributed by atoms with Crippen LogP contribution in [0.5, 0.6) is 11.5 Å². The number of anilines is 2. The number of aromatic nitrogens is 4. The maximum absolute atomic E-state index is 5.35. The lowest BCUT2D eigenvalue weighted by molar-refractivity contribution is 0.395. The molecule has 0 saturated carbocycles. The molecule has 0 unspecified atom stereocenters.